The minimum Gasteiger partial charge on any atom is -0.348 e. The first-order chi connectivity index (χ1) is 13.5. The fourth-order valence-electron chi connectivity index (χ4n) is 3.78. The molecule has 28 heavy (non-hydrogen) atoms. The molecule has 0 radical (unpaired) electrons. The maximum absolute atomic E-state index is 12.8. The van der Waals surface area contributed by atoms with Crippen molar-refractivity contribution in [1.82, 2.24) is 20.0 Å². The van der Waals surface area contributed by atoms with E-state index >= 15 is 0 Å². The number of carbonyl (C=O) groups is 1. The summed E-state index contributed by atoms with van der Waals surface area (Å²) in [6, 6.07) is 8.35. The molecule has 1 saturated heterocycles. The lowest BCUT2D eigenvalue weighted by molar-refractivity contribution is 0.0950. The summed E-state index contributed by atoms with van der Waals surface area (Å²) in [7, 11) is 0. The van der Waals surface area contributed by atoms with Gasteiger partial charge in [-0.05, 0) is 49.9 Å². The van der Waals surface area contributed by atoms with Gasteiger partial charge in [-0.25, -0.2) is 0 Å². The standard InChI is InChI=1S/C22H31ClN4O/c1-16(2)14-27-21(23)20(17(3)25-27)22(28)24-13-18-9-5-6-10-19(18)15-26-11-7-4-8-12-26/h5-6,9-10,16H,4,7-8,11-15H2,1-3H3,(H,24,28). The Morgan fingerprint density at radius 3 is 2.54 bits per heavy atom. The number of nitrogens with zero attached hydrogens (tertiary/aromatic N) is 3. The first-order valence-corrected chi connectivity index (χ1v) is 10.6. The lowest BCUT2D eigenvalue weighted by Crippen LogP contribution is -2.30. The first-order valence-electron chi connectivity index (χ1n) is 10.3. The highest BCUT2D eigenvalue weighted by Gasteiger charge is 2.21. The van der Waals surface area contributed by atoms with Crippen LogP contribution < -0.4 is 5.32 Å². The van der Waals surface area contributed by atoms with Gasteiger partial charge in [0.2, 0.25) is 0 Å². The van der Waals surface area contributed by atoms with E-state index in [1.165, 1.54) is 24.8 Å². The van der Waals surface area contributed by atoms with Crippen LogP contribution in [0.4, 0.5) is 0 Å². The molecule has 0 atom stereocenters. The van der Waals surface area contributed by atoms with Gasteiger partial charge < -0.3 is 5.32 Å². The second kappa shape index (κ2) is 9.57. The fraction of sp³-hybridized carbons (Fsp3) is 0.545. The van der Waals surface area contributed by atoms with E-state index in [0.717, 1.165) is 25.2 Å². The molecule has 0 aliphatic carbocycles. The van der Waals surface area contributed by atoms with Crippen molar-refractivity contribution in [2.24, 2.45) is 5.92 Å². The number of benzene rings is 1. The Hall–Kier alpha value is -1.85. The molecule has 0 saturated carbocycles. The second-order valence-electron chi connectivity index (χ2n) is 8.12. The molecule has 6 heteroatoms. The van der Waals surface area contributed by atoms with Crippen LogP contribution in [0.15, 0.2) is 24.3 Å². The summed E-state index contributed by atoms with van der Waals surface area (Å²) in [6.07, 6.45) is 3.88. The molecule has 5 nitrogen and oxygen atoms in total. The summed E-state index contributed by atoms with van der Waals surface area (Å²) in [5, 5.41) is 7.91. The largest absolute Gasteiger partial charge is 0.348 e. The zero-order valence-corrected chi connectivity index (χ0v) is 17.9. The normalized spacial score (nSPS) is 15.2. The number of carbonyl (C=O) groups excluding carboxylic acids is 1. The van der Waals surface area contributed by atoms with Gasteiger partial charge in [0.1, 0.15) is 5.15 Å². The Balaban J connectivity index is 1.67. The van der Waals surface area contributed by atoms with Crippen LogP contribution in [0.3, 0.4) is 0 Å². The second-order valence-corrected chi connectivity index (χ2v) is 8.47. The molecule has 1 aliphatic heterocycles. The highest BCUT2D eigenvalue weighted by Crippen LogP contribution is 2.21. The van der Waals surface area contributed by atoms with Gasteiger partial charge in [-0.1, -0.05) is 56.1 Å². The predicted octanol–water partition coefficient (Wildman–Crippen LogP) is 4.42. The number of aromatic nitrogens is 2. The zero-order chi connectivity index (χ0) is 20.1. The summed E-state index contributed by atoms with van der Waals surface area (Å²) in [6.45, 7) is 10.5. The SMILES string of the molecule is Cc1nn(CC(C)C)c(Cl)c1C(=O)NCc1ccccc1CN1CCCCC1. The summed E-state index contributed by atoms with van der Waals surface area (Å²) < 4.78 is 1.72. The maximum atomic E-state index is 12.8. The van der Waals surface area contributed by atoms with Gasteiger partial charge in [0.15, 0.2) is 0 Å². The zero-order valence-electron chi connectivity index (χ0n) is 17.2. The number of hydrogen-bond acceptors (Lipinski definition) is 3. The van der Waals surface area contributed by atoms with Crippen molar-refractivity contribution in [1.29, 1.82) is 0 Å². The third-order valence-corrected chi connectivity index (χ3v) is 5.62. The molecule has 1 amide bonds. The summed E-state index contributed by atoms with van der Waals surface area (Å²) in [5.41, 5.74) is 3.59. The Labute approximate surface area is 173 Å². The Morgan fingerprint density at radius 2 is 1.86 bits per heavy atom. The van der Waals surface area contributed by atoms with E-state index < -0.39 is 0 Å². The number of halogens is 1. The topological polar surface area (TPSA) is 50.2 Å². The quantitative estimate of drug-likeness (QED) is 0.745. The monoisotopic (exact) mass is 402 g/mol. The molecule has 1 aromatic heterocycles. The van der Waals surface area contributed by atoms with Gasteiger partial charge >= 0.3 is 0 Å². The first kappa shape index (κ1) is 20.9. The van der Waals surface area contributed by atoms with Crippen LogP contribution in [0.25, 0.3) is 0 Å². The average molecular weight is 403 g/mol. The molecule has 2 aromatic rings. The molecule has 0 bridgehead atoms. The number of aryl methyl sites for hydroxylation is 1. The number of nitrogens with one attached hydrogen (secondary N) is 1. The van der Waals surface area contributed by atoms with E-state index in [9.17, 15) is 4.79 Å². The van der Waals surface area contributed by atoms with Crippen molar-refractivity contribution in [3.05, 3.63) is 51.8 Å². The minimum atomic E-state index is -0.162. The molecule has 0 spiro atoms. The lowest BCUT2D eigenvalue weighted by Gasteiger charge is -2.27. The van der Waals surface area contributed by atoms with Crippen molar-refractivity contribution in [2.45, 2.75) is 59.7 Å². The molecule has 152 valence electrons. The predicted molar refractivity (Wildman–Crippen MR) is 114 cm³/mol. The lowest BCUT2D eigenvalue weighted by atomic mass is 10.0. The van der Waals surface area contributed by atoms with E-state index in [0.29, 0.717) is 35.4 Å². The van der Waals surface area contributed by atoms with Crippen LogP contribution in [-0.4, -0.2) is 33.7 Å². The van der Waals surface area contributed by atoms with Gasteiger partial charge in [-0.15, -0.1) is 0 Å². The van der Waals surface area contributed by atoms with Crippen molar-refractivity contribution in [2.75, 3.05) is 13.1 Å². The number of hydrogen-bond donors (Lipinski definition) is 1. The van der Waals surface area contributed by atoms with Crippen molar-refractivity contribution >= 4 is 17.5 Å². The Kier molecular flexibility index (Phi) is 7.13. The number of rotatable bonds is 7. The van der Waals surface area contributed by atoms with Crippen LogP contribution in [0.1, 0.15) is 60.3 Å². The number of piperidine rings is 1. The Bertz CT molecular complexity index is 809. The molecule has 1 N–H and O–H groups in total. The van der Waals surface area contributed by atoms with E-state index in [4.69, 9.17) is 11.6 Å². The highest BCUT2D eigenvalue weighted by atomic mass is 35.5. The smallest absolute Gasteiger partial charge is 0.256 e. The molecule has 1 fully saturated rings. The van der Waals surface area contributed by atoms with Gasteiger partial charge in [0.25, 0.3) is 5.91 Å². The van der Waals surface area contributed by atoms with Gasteiger partial charge in [0.05, 0.1) is 11.3 Å². The summed E-state index contributed by atoms with van der Waals surface area (Å²) >= 11 is 6.44. The van der Waals surface area contributed by atoms with Gasteiger partial charge in [-0.3, -0.25) is 14.4 Å². The molecule has 0 unspecified atom stereocenters. The molecule has 2 heterocycles. The van der Waals surface area contributed by atoms with Crippen LogP contribution in [0, 0.1) is 12.8 Å². The van der Waals surface area contributed by atoms with Crippen LogP contribution in [0.2, 0.25) is 5.15 Å². The van der Waals surface area contributed by atoms with Gasteiger partial charge in [-0.2, -0.15) is 5.10 Å². The molecular formula is C22H31ClN4O. The van der Waals surface area contributed by atoms with Crippen LogP contribution in [-0.2, 0) is 19.6 Å². The van der Waals surface area contributed by atoms with Crippen molar-refractivity contribution in [3.8, 4) is 0 Å². The van der Waals surface area contributed by atoms with Crippen molar-refractivity contribution in [3.63, 3.8) is 0 Å². The summed E-state index contributed by atoms with van der Waals surface area (Å²) in [5.74, 6) is 0.250. The highest BCUT2D eigenvalue weighted by molar-refractivity contribution is 6.33. The van der Waals surface area contributed by atoms with E-state index in [2.05, 4.69) is 47.4 Å². The Morgan fingerprint density at radius 1 is 1.18 bits per heavy atom. The summed E-state index contributed by atoms with van der Waals surface area (Å²) in [4.78, 5) is 15.3. The van der Waals surface area contributed by atoms with Crippen LogP contribution >= 0.6 is 11.6 Å². The molecule has 1 aliphatic rings. The molecular weight excluding hydrogens is 372 g/mol. The third kappa shape index (κ3) is 5.15. The minimum absolute atomic E-state index is 0.162. The number of amides is 1. The molecule has 3 rings (SSSR count). The maximum Gasteiger partial charge on any atom is 0.256 e. The molecule has 1 aromatic carbocycles. The fourth-order valence-corrected chi connectivity index (χ4v) is 4.11. The van der Waals surface area contributed by atoms with Crippen molar-refractivity contribution < 1.29 is 4.79 Å². The number of likely N-dealkylation sites (tertiary alicyclic amines) is 1. The van der Waals surface area contributed by atoms with E-state index in [1.807, 2.05) is 13.0 Å². The third-order valence-electron chi connectivity index (χ3n) is 5.23. The average Bonchev–Trinajstić information content (AvgIpc) is 2.94. The van der Waals surface area contributed by atoms with E-state index in [-0.39, 0.29) is 5.91 Å². The van der Waals surface area contributed by atoms with Gasteiger partial charge in [0, 0.05) is 19.6 Å². The van der Waals surface area contributed by atoms with E-state index in [1.54, 1.807) is 4.68 Å². The van der Waals surface area contributed by atoms with Crippen LogP contribution in [0.5, 0.6) is 0 Å².